The third-order valence-electron chi connectivity index (χ3n) is 4.56. The summed E-state index contributed by atoms with van der Waals surface area (Å²) in [5.74, 6) is -4.96. The number of aliphatic carboxylic acids is 1. The molecule has 13 nitrogen and oxygen atoms in total. The molecule has 1 aromatic rings. The lowest BCUT2D eigenvalue weighted by Crippen LogP contribution is -2.58. The highest BCUT2D eigenvalue weighted by Crippen LogP contribution is 2.04. The summed E-state index contributed by atoms with van der Waals surface area (Å²) >= 11 is 0. The molecular formula is C20H29N5O8. The van der Waals surface area contributed by atoms with E-state index in [-0.39, 0.29) is 19.3 Å². The van der Waals surface area contributed by atoms with Crippen molar-refractivity contribution >= 4 is 29.6 Å². The first-order valence-corrected chi connectivity index (χ1v) is 10.0. The number of aliphatic hydroxyl groups is 2. The molecule has 4 amide bonds. The fraction of sp³-hybridized carbons (Fsp3) is 0.450. The molecule has 0 radical (unpaired) electrons. The second-order valence-corrected chi connectivity index (χ2v) is 7.19. The van der Waals surface area contributed by atoms with E-state index in [0.717, 1.165) is 5.56 Å². The highest BCUT2D eigenvalue weighted by molar-refractivity contribution is 5.94. The van der Waals surface area contributed by atoms with Crippen LogP contribution in [0.15, 0.2) is 30.3 Å². The van der Waals surface area contributed by atoms with E-state index in [1.54, 1.807) is 30.3 Å². The summed E-state index contributed by atoms with van der Waals surface area (Å²) in [6.07, 6.45) is -0.302. The van der Waals surface area contributed by atoms with E-state index >= 15 is 0 Å². The number of carboxylic acid groups (broad SMARTS) is 1. The highest BCUT2D eigenvalue weighted by Gasteiger charge is 2.30. The van der Waals surface area contributed by atoms with Crippen LogP contribution in [0, 0.1) is 0 Å². The smallest absolute Gasteiger partial charge is 0.328 e. The molecule has 0 heterocycles. The maximum atomic E-state index is 12.7. The van der Waals surface area contributed by atoms with Crippen LogP contribution >= 0.6 is 0 Å². The zero-order valence-corrected chi connectivity index (χ0v) is 17.8. The number of carbonyl (C=O) groups is 5. The number of aliphatic hydroxyl groups excluding tert-OH is 2. The molecule has 33 heavy (non-hydrogen) atoms. The number of hydrogen-bond acceptors (Lipinski definition) is 8. The summed E-state index contributed by atoms with van der Waals surface area (Å²) < 4.78 is 0. The van der Waals surface area contributed by atoms with Gasteiger partial charge in [-0.05, 0) is 18.4 Å². The Morgan fingerprint density at radius 1 is 0.818 bits per heavy atom. The van der Waals surface area contributed by atoms with Gasteiger partial charge in [-0.1, -0.05) is 30.3 Å². The third-order valence-corrected chi connectivity index (χ3v) is 4.56. The highest BCUT2D eigenvalue weighted by atomic mass is 16.4. The minimum atomic E-state index is -1.65. The predicted octanol–water partition coefficient (Wildman–Crippen LogP) is -3.65. The van der Waals surface area contributed by atoms with Gasteiger partial charge in [0.15, 0.2) is 0 Å². The van der Waals surface area contributed by atoms with Gasteiger partial charge in [-0.15, -0.1) is 0 Å². The fourth-order valence-corrected chi connectivity index (χ4v) is 2.72. The van der Waals surface area contributed by atoms with Gasteiger partial charge in [0.1, 0.15) is 18.1 Å². The fourth-order valence-electron chi connectivity index (χ4n) is 2.72. The molecule has 10 N–H and O–H groups in total. The molecular weight excluding hydrogens is 438 g/mol. The molecule has 0 bridgehead atoms. The van der Waals surface area contributed by atoms with Crippen LogP contribution in [0.25, 0.3) is 0 Å². The number of primary amides is 1. The quantitative estimate of drug-likeness (QED) is 0.134. The summed E-state index contributed by atoms with van der Waals surface area (Å²) in [5, 5.41) is 33.9. The number of nitrogens with two attached hydrogens (primary N) is 2. The SMILES string of the molecule is NC(=O)CCC(NC(=O)C(N)Cc1ccccc1)C(=O)NC(CO)C(=O)NC(CO)C(=O)O. The monoisotopic (exact) mass is 467 g/mol. The molecule has 4 atom stereocenters. The average Bonchev–Trinajstić information content (AvgIpc) is 2.78. The van der Waals surface area contributed by atoms with Crippen LogP contribution in [-0.2, 0) is 30.4 Å². The Morgan fingerprint density at radius 3 is 1.85 bits per heavy atom. The van der Waals surface area contributed by atoms with Gasteiger partial charge in [0, 0.05) is 6.42 Å². The molecule has 13 heteroatoms. The topological polar surface area (TPSA) is 234 Å². The second kappa shape index (κ2) is 13.8. The summed E-state index contributed by atoms with van der Waals surface area (Å²) in [5.41, 5.74) is 11.8. The molecule has 0 aliphatic carbocycles. The van der Waals surface area contributed by atoms with Gasteiger partial charge in [-0.3, -0.25) is 19.2 Å². The molecule has 1 rings (SSSR count). The molecule has 1 aromatic carbocycles. The normalized spacial score (nSPS) is 14.3. The second-order valence-electron chi connectivity index (χ2n) is 7.19. The predicted molar refractivity (Wildman–Crippen MR) is 114 cm³/mol. The summed E-state index contributed by atoms with van der Waals surface area (Å²) in [7, 11) is 0. The lowest BCUT2D eigenvalue weighted by molar-refractivity contribution is -0.143. The van der Waals surface area contributed by atoms with Crippen molar-refractivity contribution in [2.24, 2.45) is 11.5 Å². The van der Waals surface area contributed by atoms with Crippen molar-refractivity contribution in [3.8, 4) is 0 Å². The first-order valence-electron chi connectivity index (χ1n) is 10.0. The largest absolute Gasteiger partial charge is 0.480 e. The van der Waals surface area contributed by atoms with Crippen LogP contribution in [0.1, 0.15) is 18.4 Å². The van der Waals surface area contributed by atoms with Crippen LogP contribution in [0.4, 0.5) is 0 Å². The van der Waals surface area contributed by atoms with E-state index in [4.69, 9.17) is 21.7 Å². The molecule has 0 fully saturated rings. The Kier molecular flexibility index (Phi) is 11.5. The molecule has 0 saturated heterocycles. The van der Waals surface area contributed by atoms with E-state index in [9.17, 15) is 29.1 Å². The Hall–Kier alpha value is -3.55. The van der Waals surface area contributed by atoms with Crippen molar-refractivity contribution in [3.63, 3.8) is 0 Å². The molecule has 0 saturated carbocycles. The van der Waals surface area contributed by atoms with Crippen molar-refractivity contribution in [1.29, 1.82) is 0 Å². The van der Waals surface area contributed by atoms with Crippen LogP contribution in [-0.4, -0.2) is 82.3 Å². The Labute approximate surface area is 189 Å². The number of carbonyl (C=O) groups excluding carboxylic acids is 4. The number of amides is 4. The van der Waals surface area contributed by atoms with Crippen molar-refractivity contribution < 1.29 is 39.3 Å². The van der Waals surface area contributed by atoms with Crippen LogP contribution < -0.4 is 27.4 Å². The number of carboxylic acids is 1. The number of nitrogens with one attached hydrogen (secondary N) is 3. The van der Waals surface area contributed by atoms with Crippen molar-refractivity contribution in [2.45, 2.75) is 43.4 Å². The standard InChI is InChI=1S/C20H29N5O8/c21-12(8-11-4-2-1-3-5-11)17(29)23-13(6-7-16(22)28)18(30)24-14(9-26)19(31)25-15(10-27)20(32)33/h1-5,12-15,26-27H,6-10,21H2,(H2,22,28)(H,23,29)(H,24,30)(H,25,31)(H,32,33). The lowest BCUT2D eigenvalue weighted by atomic mass is 10.0. The van der Waals surface area contributed by atoms with E-state index in [2.05, 4.69) is 10.6 Å². The van der Waals surface area contributed by atoms with Crippen molar-refractivity contribution in [1.82, 2.24) is 16.0 Å². The molecule has 0 aromatic heterocycles. The maximum absolute atomic E-state index is 12.7. The van der Waals surface area contributed by atoms with E-state index in [1.807, 2.05) is 5.32 Å². The van der Waals surface area contributed by atoms with Gasteiger partial charge in [0.05, 0.1) is 19.3 Å². The van der Waals surface area contributed by atoms with Gasteiger partial charge in [-0.25, -0.2) is 4.79 Å². The average molecular weight is 467 g/mol. The lowest BCUT2D eigenvalue weighted by Gasteiger charge is -2.24. The summed E-state index contributed by atoms with van der Waals surface area (Å²) in [6.45, 7) is -1.82. The first-order chi connectivity index (χ1) is 15.6. The van der Waals surface area contributed by atoms with Crippen molar-refractivity contribution in [3.05, 3.63) is 35.9 Å². The molecule has 0 aliphatic heterocycles. The molecule has 0 spiro atoms. The minimum Gasteiger partial charge on any atom is -0.480 e. The third kappa shape index (κ3) is 9.64. The van der Waals surface area contributed by atoms with E-state index in [1.165, 1.54) is 0 Å². The van der Waals surface area contributed by atoms with E-state index in [0.29, 0.717) is 0 Å². The zero-order chi connectivity index (χ0) is 25.0. The molecule has 0 aliphatic rings. The van der Waals surface area contributed by atoms with Crippen molar-refractivity contribution in [2.75, 3.05) is 13.2 Å². The number of benzene rings is 1. The maximum Gasteiger partial charge on any atom is 0.328 e. The number of rotatable bonds is 14. The van der Waals surface area contributed by atoms with Gasteiger partial charge >= 0.3 is 5.97 Å². The van der Waals surface area contributed by atoms with E-state index < -0.39 is 67.0 Å². The number of hydrogen-bond donors (Lipinski definition) is 8. The summed E-state index contributed by atoms with van der Waals surface area (Å²) in [4.78, 5) is 59.4. The Bertz CT molecular complexity index is 835. The minimum absolute atomic E-state index is 0.177. The van der Waals surface area contributed by atoms with Gasteiger partial charge < -0.3 is 42.7 Å². The summed E-state index contributed by atoms with van der Waals surface area (Å²) in [6, 6.07) is 3.31. The van der Waals surface area contributed by atoms with Crippen LogP contribution in [0.5, 0.6) is 0 Å². The van der Waals surface area contributed by atoms with Gasteiger partial charge in [0.2, 0.25) is 23.6 Å². The first kappa shape index (κ1) is 27.5. The Morgan fingerprint density at radius 2 is 1.33 bits per heavy atom. The Balaban J connectivity index is 2.85. The molecule has 182 valence electrons. The zero-order valence-electron chi connectivity index (χ0n) is 17.8. The van der Waals surface area contributed by atoms with Gasteiger partial charge in [-0.2, -0.15) is 0 Å². The van der Waals surface area contributed by atoms with Gasteiger partial charge in [0.25, 0.3) is 0 Å². The molecule has 4 unspecified atom stereocenters. The van der Waals surface area contributed by atoms with Crippen LogP contribution in [0.3, 0.4) is 0 Å². The van der Waals surface area contributed by atoms with Crippen LogP contribution in [0.2, 0.25) is 0 Å².